The van der Waals surface area contributed by atoms with Crippen LogP contribution in [0.2, 0.25) is 0 Å². The first-order valence-electron chi connectivity index (χ1n) is 6.53. The second kappa shape index (κ2) is 7.33. The molecule has 1 atom stereocenters. The Bertz CT molecular complexity index is 604. The second-order valence-corrected chi connectivity index (χ2v) is 5.38. The maximum absolute atomic E-state index is 9.74. The molecule has 2 rings (SSSR count). The molecule has 0 bridgehead atoms. The number of hydrogen-bond donors (Lipinski definition) is 2. The number of rotatable bonds is 6. The van der Waals surface area contributed by atoms with Crippen LogP contribution in [0.3, 0.4) is 0 Å². The molecule has 5 heteroatoms. The number of aliphatic hydroxyl groups excluding tert-OH is 1. The van der Waals surface area contributed by atoms with E-state index < -0.39 is 0 Å². The van der Waals surface area contributed by atoms with Crippen molar-refractivity contribution in [2.45, 2.75) is 6.04 Å². The smallest absolute Gasteiger partial charge is 0.141 e. The van der Waals surface area contributed by atoms with Crippen LogP contribution in [0.4, 0.5) is 5.69 Å². The van der Waals surface area contributed by atoms with Crippen LogP contribution in [0, 0.1) is 0 Å². The molecule has 4 nitrogen and oxygen atoms in total. The van der Waals surface area contributed by atoms with E-state index in [-0.39, 0.29) is 12.6 Å². The lowest BCUT2D eigenvalue weighted by molar-refractivity contribution is 0.272. The fourth-order valence-electron chi connectivity index (χ4n) is 2.15. The molecule has 21 heavy (non-hydrogen) atoms. The van der Waals surface area contributed by atoms with Crippen LogP contribution in [0.5, 0.6) is 11.5 Å². The molecule has 0 aliphatic heterocycles. The van der Waals surface area contributed by atoms with Gasteiger partial charge in [-0.1, -0.05) is 28.1 Å². The van der Waals surface area contributed by atoms with Gasteiger partial charge in [0.15, 0.2) is 0 Å². The van der Waals surface area contributed by atoms with E-state index in [0.717, 1.165) is 27.2 Å². The standard InChI is InChI=1S/C16H18BrNO3/c1-20-15-8-7-11(17)9-12(15)14(10-19)18-13-5-3-4-6-16(13)21-2/h3-9,14,18-19H,10H2,1-2H3. The van der Waals surface area contributed by atoms with Gasteiger partial charge in [0.05, 0.1) is 32.6 Å². The molecule has 2 N–H and O–H groups in total. The number of hydrogen-bond acceptors (Lipinski definition) is 4. The van der Waals surface area contributed by atoms with Gasteiger partial charge in [-0.25, -0.2) is 0 Å². The summed E-state index contributed by atoms with van der Waals surface area (Å²) in [6.45, 7) is -0.0646. The van der Waals surface area contributed by atoms with Gasteiger partial charge < -0.3 is 19.9 Å². The van der Waals surface area contributed by atoms with E-state index in [0.29, 0.717) is 0 Å². The average molecular weight is 352 g/mol. The van der Waals surface area contributed by atoms with Gasteiger partial charge in [-0.2, -0.15) is 0 Å². The van der Waals surface area contributed by atoms with Crippen molar-refractivity contribution in [2.75, 3.05) is 26.1 Å². The lowest BCUT2D eigenvalue weighted by atomic mass is 10.1. The van der Waals surface area contributed by atoms with E-state index in [1.54, 1.807) is 14.2 Å². The molecule has 0 saturated heterocycles. The molecule has 0 aliphatic carbocycles. The zero-order valence-corrected chi connectivity index (χ0v) is 13.6. The Morgan fingerprint density at radius 2 is 1.81 bits per heavy atom. The van der Waals surface area contributed by atoms with Gasteiger partial charge in [0.25, 0.3) is 0 Å². The first-order chi connectivity index (χ1) is 10.2. The zero-order chi connectivity index (χ0) is 15.2. The van der Waals surface area contributed by atoms with Gasteiger partial charge in [-0.3, -0.25) is 0 Å². The summed E-state index contributed by atoms with van der Waals surface area (Å²) in [4.78, 5) is 0. The van der Waals surface area contributed by atoms with Crippen molar-refractivity contribution >= 4 is 21.6 Å². The van der Waals surface area contributed by atoms with E-state index >= 15 is 0 Å². The molecule has 112 valence electrons. The van der Waals surface area contributed by atoms with Crippen LogP contribution in [-0.4, -0.2) is 25.9 Å². The molecule has 1 unspecified atom stereocenters. The van der Waals surface area contributed by atoms with Crippen molar-refractivity contribution in [3.05, 3.63) is 52.5 Å². The predicted molar refractivity (Wildman–Crippen MR) is 87.1 cm³/mol. The summed E-state index contributed by atoms with van der Waals surface area (Å²) in [6, 6.07) is 13.0. The zero-order valence-electron chi connectivity index (χ0n) is 12.0. The molecule has 0 spiro atoms. The van der Waals surface area contributed by atoms with Crippen molar-refractivity contribution in [3.63, 3.8) is 0 Å². The van der Waals surface area contributed by atoms with E-state index in [9.17, 15) is 5.11 Å². The normalized spacial score (nSPS) is 11.8. The number of anilines is 1. The first kappa shape index (κ1) is 15.7. The molecule has 0 aromatic heterocycles. The highest BCUT2D eigenvalue weighted by molar-refractivity contribution is 9.10. The molecular formula is C16H18BrNO3. The fourth-order valence-corrected chi connectivity index (χ4v) is 2.53. The van der Waals surface area contributed by atoms with Crippen molar-refractivity contribution in [1.29, 1.82) is 0 Å². The highest BCUT2D eigenvalue weighted by Gasteiger charge is 2.17. The molecular weight excluding hydrogens is 334 g/mol. The summed E-state index contributed by atoms with van der Waals surface area (Å²) in [5.41, 5.74) is 1.70. The van der Waals surface area contributed by atoms with Gasteiger partial charge >= 0.3 is 0 Å². The third-order valence-corrected chi connectivity index (χ3v) is 3.68. The summed E-state index contributed by atoms with van der Waals surface area (Å²) >= 11 is 3.45. The Morgan fingerprint density at radius 3 is 2.48 bits per heavy atom. The number of methoxy groups -OCH3 is 2. The van der Waals surface area contributed by atoms with Gasteiger partial charge in [-0.15, -0.1) is 0 Å². The van der Waals surface area contributed by atoms with Crippen LogP contribution in [0.1, 0.15) is 11.6 Å². The fraction of sp³-hybridized carbons (Fsp3) is 0.250. The highest BCUT2D eigenvalue weighted by atomic mass is 79.9. The van der Waals surface area contributed by atoms with Crippen LogP contribution >= 0.6 is 15.9 Å². The Morgan fingerprint density at radius 1 is 1.10 bits per heavy atom. The lowest BCUT2D eigenvalue weighted by Gasteiger charge is -2.22. The van der Waals surface area contributed by atoms with Crippen molar-refractivity contribution in [3.8, 4) is 11.5 Å². The van der Waals surface area contributed by atoms with Crippen molar-refractivity contribution in [1.82, 2.24) is 0 Å². The third kappa shape index (κ3) is 3.68. The van der Waals surface area contributed by atoms with Gasteiger partial charge in [-0.05, 0) is 30.3 Å². The maximum Gasteiger partial charge on any atom is 0.141 e. The van der Waals surface area contributed by atoms with Crippen LogP contribution < -0.4 is 14.8 Å². The quantitative estimate of drug-likeness (QED) is 0.834. The van der Waals surface area contributed by atoms with Gasteiger partial charge in [0, 0.05) is 10.0 Å². The van der Waals surface area contributed by atoms with Gasteiger partial charge in [0.1, 0.15) is 11.5 Å². The topological polar surface area (TPSA) is 50.7 Å². The maximum atomic E-state index is 9.74. The molecule has 2 aromatic carbocycles. The number of para-hydroxylation sites is 2. The Hall–Kier alpha value is -1.72. The Kier molecular flexibility index (Phi) is 5.47. The lowest BCUT2D eigenvalue weighted by Crippen LogP contribution is -2.16. The van der Waals surface area contributed by atoms with E-state index in [4.69, 9.17) is 9.47 Å². The molecule has 0 saturated carbocycles. The minimum absolute atomic E-state index is 0.0646. The number of benzene rings is 2. The largest absolute Gasteiger partial charge is 0.496 e. The first-order valence-corrected chi connectivity index (χ1v) is 7.32. The Balaban J connectivity index is 2.34. The minimum atomic E-state index is -0.297. The molecule has 0 fully saturated rings. The molecule has 2 aromatic rings. The summed E-state index contributed by atoms with van der Waals surface area (Å²) < 4.78 is 11.6. The van der Waals surface area contributed by atoms with E-state index in [2.05, 4.69) is 21.2 Å². The van der Waals surface area contributed by atoms with Crippen LogP contribution in [-0.2, 0) is 0 Å². The number of nitrogens with one attached hydrogen (secondary N) is 1. The summed E-state index contributed by atoms with van der Waals surface area (Å²) in [5, 5.41) is 13.0. The summed E-state index contributed by atoms with van der Waals surface area (Å²) in [7, 11) is 3.23. The number of ether oxygens (including phenoxy) is 2. The summed E-state index contributed by atoms with van der Waals surface area (Å²) in [6.07, 6.45) is 0. The SMILES string of the molecule is COc1ccccc1NC(CO)c1cc(Br)ccc1OC. The van der Waals surface area contributed by atoms with Crippen LogP contribution in [0.25, 0.3) is 0 Å². The second-order valence-electron chi connectivity index (χ2n) is 4.47. The van der Waals surface area contributed by atoms with E-state index in [1.165, 1.54) is 0 Å². The molecule has 0 amide bonds. The molecule has 0 radical (unpaired) electrons. The molecule has 0 aliphatic rings. The average Bonchev–Trinajstić information content (AvgIpc) is 2.53. The van der Waals surface area contributed by atoms with Gasteiger partial charge in [0.2, 0.25) is 0 Å². The van der Waals surface area contributed by atoms with Crippen molar-refractivity contribution in [2.24, 2.45) is 0 Å². The minimum Gasteiger partial charge on any atom is -0.496 e. The van der Waals surface area contributed by atoms with E-state index in [1.807, 2.05) is 42.5 Å². The highest BCUT2D eigenvalue weighted by Crippen LogP contribution is 2.33. The molecule has 0 heterocycles. The monoisotopic (exact) mass is 351 g/mol. The Labute approximate surface area is 132 Å². The summed E-state index contributed by atoms with van der Waals surface area (Å²) in [5.74, 6) is 1.45. The number of halogens is 1. The third-order valence-electron chi connectivity index (χ3n) is 3.19. The van der Waals surface area contributed by atoms with Crippen molar-refractivity contribution < 1.29 is 14.6 Å². The number of aliphatic hydroxyl groups is 1. The predicted octanol–water partition coefficient (Wildman–Crippen LogP) is 3.61. The van der Waals surface area contributed by atoms with Crippen LogP contribution in [0.15, 0.2) is 46.9 Å².